The van der Waals surface area contributed by atoms with Gasteiger partial charge in [-0.25, -0.2) is 0 Å². The number of hydrogen-bond acceptors (Lipinski definition) is 4. The van der Waals surface area contributed by atoms with Crippen molar-refractivity contribution in [3.63, 3.8) is 0 Å². The van der Waals surface area contributed by atoms with Crippen molar-refractivity contribution in [3.8, 4) is 0 Å². The van der Waals surface area contributed by atoms with E-state index in [-0.39, 0.29) is 59.1 Å². The van der Waals surface area contributed by atoms with Gasteiger partial charge in [-0.05, 0) is 11.1 Å². The first-order valence-electron chi connectivity index (χ1n) is 7.56. The molecule has 126 valence electrons. The standard InChI is InChI=1S/C18H20N2S4.2Na/c21-17(22)19(13-15-7-3-1-4-8-15)11-12-20(18(23)24)14-16-9-5-2-6-10-16;;/h1-10H,11-14H2,(H,21,22)(H,23,24);;/q;2*+1/p-2. The van der Waals surface area contributed by atoms with Crippen LogP contribution in [-0.4, -0.2) is 31.5 Å². The van der Waals surface area contributed by atoms with Gasteiger partial charge in [0.15, 0.2) is 0 Å². The van der Waals surface area contributed by atoms with Crippen molar-refractivity contribution in [3.05, 3.63) is 71.8 Å². The Bertz CT molecular complexity index is 612. The maximum atomic E-state index is 5.23. The van der Waals surface area contributed by atoms with Gasteiger partial charge < -0.3 is 59.5 Å². The fourth-order valence-electron chi connectivity index (χ4n) is 2.32. The zero-order valence-corrected chi connectivity index (χ0v) is 22.4. The molecule has 0 aliphatic rings. The fraction of sp³-hybridized carbons (Fsp3) is 0.222. The summed E-state index contributed by atoms with van der Waals surface area (Å²) in [6.45, 7) is 2.79. The van der Waals surface area contributed by atoms with Crippen LogP contribution in [0.2, 0.25) is 0 Å². The van der Waals surface area contributed by atoms with Crippen molar-refractivity contribution in [2.45, 2.75) is 13.1 Å². The molecule has 0 fully saturated rings. The molecule has 0 bridgehead atoms. The van der Waals surface area contributed by atoms with Gasteiger partial charge in [0.05, 0.1) is 0 Å². The SMILES string of the molecule is S=C([S-])N(CCN(Cc1ccccc1)C(=S)[S-])Cc1ccccc1.[Na+].[Na+]. The second-order valence-electron chi connectivity index (χ2n) is 5.35. The summed E-state index contributed by atoms with van der Waals surface area (Å²) in [7, 11) is 0. The van der Waals surface area contributed by atoms with Crippen molar-refractivity contribution < 1.29 is 59.1 Å². The Labute approximate surface area is 222 Å². The second kappa shape index (κ2) is 14.6. The minimum Gasteiger partial charge on any atom is -0.411 e. The summed E-state index contributed by atoms with van der Waals surface area (Å²) < 4.78 is 0.933. The van der Waals surface area contributed by atoms with Crippen molar-refractivity contribution in [1.29, 1.82) is 0 Å². The molecule has 2 rings (SSSR count). The Balaban J connectivity index is 0.00000312. The number of benzene rings is 2. The Hall–Kier alpha value is 0.660. The first-order chi connectivity index (χ1) is 11.6. The van der Waals surface area contributed by atoms with Crippen molar-refractivity contribution in [2.75, 3.05) is 13.1 Å². The van der Waals surface area contributed by atoms with Gasteiger partial charge in [-0.3, -0.25) is 0 Å². The summed E-state index contributed by atoms with van der Waals surface area (Å²) in [6.07, 6.45) is 0. The first-order valence-corrected chi connectivity index (χ1v) is 9.19. The molecule has 0 N–H and O–H groups in total. The van der Waals surface area contributed by atoms with Gasteiger partial charge in [-0.2, -0.15) is 0 Å². The Morgan fingerprint density at radius 1 is 0.654 bits per heavy atom. The largest absolute Gasteiger partial charge is 1.00 e. The summed E-state index contributed by atoms with van der Waals surface area (Å²) in [5.41, 5.74) is 2.36. The summed E-state index contributed by atoms with van der Waals surface area (Å²) in [5, 5.41) is 0. The van der Waals surface area contributed by atoms with Crippen LogP contribution in [0.25, 0.3) is 0 Å². The van der Waals surface area contributed by atoms with E-state index in [1.54, 1.807) is 0 Å². The van der Waals surface area contributed by atoms with Crippen molar-refractivity contribution >= 4 is 58.3 Å². The minimum atomic E-state index is 0. The van der Waals surface area contributed by atoms with Gasteiger partial charge in [0.1, 0.15) is 0 Å². The van der Waals surface area contributed by atoms with E-state index in [9.17, 15) is 0 Å². The Morgan fingerprint density at radius 2 is 0.962 bits per heavy atom. The molecule has 0 aliphatic heterocycles. The molecule has 0 unspecified atom stereocenters. The molecule has 0 saturated carbocycles. The third-order valence-electron chi connectivity index (χ3n) is 3.59. The number of rotatable bonds is 7. The van der Waals surface area contributed by atoms with Crippen LogP contribution in [0.15, 0.2) is 60.7 Å². The van der Waals surface area contributed by atoms with Gasteiger partial charge in [-0.1, -0.05) is 69.3 Å². The van der Waals surface area contributed by atoms with Crippen LogP contribution in [0.3, 0.4) is 0 Å². The maximum Gasteiger partial charge on any atom is 1.00 e. The smallest absolute Gasteiger partial charge is 0.411 e. The predicted molar refractivity (Wildman–Crippen MR) is 114 cm³/mol. The molecule has 2 nitrogen and oxygen atoms in total. The van der Waals surface area contributed by atoms with Crippen LogP contribution in [0, 0.1) is 0 Å². The molecular formula is C18H18N2Na2S4. The van der Waals surface area contributed by atoms with Crippen LogP contribution in [-0.2, 0) is 38.3 Å². The van der Waals surface area contributed by atoms with Gasteiger partial charge in [0, 0.05) is 26.2 Å². The van der Waals surface area contributed by atoms with E-state index in [1.165, 1.54) is 11.1 Å². The van der Waals surface area contributed by atoms with Gasteiger partial charge in [0.25, 0.3) is 0 Å². The van der Waals surface area contributed by atoms with Crippen LogP contribution in [0.1, 0.15) is 11.1 Å². The summed E-state index contributed by atoms with van der Waals surface area (Å²) in [4.78, 5) is 4.01. The molecule has 0 saturated heterocycles. The molecule has 0 radical (unpaired) electrons. The third-order valence-corrected chi connectivity index (χ3v) is 4.62. The molecule has 0 amide bonds. The molecule has 2 aromatic rings. The average Bonchev–Trinajstić information content (AvgIpc) is 2.58. The van der Waals surface area contributed by atoms with E-state index >= 15 is 0 Å². The summed E-state index contributed by atoms with van der Waals surface area (Å²) >= 11 is 20.9. The molecular weight excluding hydrogens is 418 g/mol. The van der Waals surface area contributed by atoms with Gasteiger partial charge in [-0.15, -0.1) is 0 Å². The summed E-state index contributed by atoms with van der Waals surface area (Å²) in [6, 6.07) is 20.3. The molecule has 26 heavy (non-hydrogen) atoms. The molecule has 0 atom stereocenters. The van der Waals surface area contributed by atoms with E-state index in [2.05, 4.69) is 24.3 Å². The van der Waals surface area contributed by atoms with E-state index in [0.29, 0.717) is 34.8 Å². The maximum absolute atomic E-state index is 5.23. The zero-order valence-electron chi connectivity index (χ0n) is 15.1. The molecule has 0 heterocycles. The van der Waals surface area contributed by atoms with Gasteiger partial charge >= 0.3 is 59.1 Å². The van der Waals surface area contributed by atoms with E-state index < -0.39 is 0 Å². The Kier molecular flexibility index (Phi) is 15.0. The topological polar surface area (TPSA) is 6.48 Å². The monoisotopic (exact) mass is 436 g/mol. The van der Waals surface area contributed by atoms with Crippen LogP contribution in [0.5, 0.6) is 0 Å². The first kappa shape index (κ1) is 26.7. The average molecular weight is 437 g/mol. The minimum absolute atomic E-state index is 0. The van der Waals surface area contributed by atoms with Crippen LogP contribution < -0.4 is 59.1 Å². The van der Waals surface area contributed by atoms with Crippen molar-refractivity contribution in [2.24, 2.45) is 0 Å². The van der Waals surface area contributed by atoms with E-state index in [4.69, 9.17) is 49.7 Å². The number of hydrogen-bond donors (Lipinski definition) is 0. The third kappa shape index (κ3) is 9.73. The van der Waals surface area contributed by atoms with E-state index in [1.807, 2.05) is 46.2 Å². The van der Waals surface area contributed by atoms with E-state index in [0.717, 1.165) is 0 Å². The second-order valence-corrected chi connectivity index (χ2v) is 7.41. The number of thiocarbonyl (C=S) groups is 2. The van der Waals surface area contributed by atoms with Gasteiger partial charge in [0.2, 0.25) is 0 Å². The molecule has 0 aliphatic carbocycles. The molecule has 8 heteroatoms. The van der Waals surface area contributed by atoms with Crippen LogP contribution >= 0.6 is 24.4 Å². The zero-order chi connectivity index (χ0) is 17.4. The quantitative estimate of drug-likeness (QED) is 0.271. The Morgan fingerprint density at radius 3 is 1.23 bits per heavy atom. The molecule has 0 aromatic heterocycles. The predicted octanol–water partition coefficient (Wildman–Crippen LogP) is -2.34. The molecule has 2 aromatic carbocycles. The normalized spacial score (nSPS) is 9.38. The summed E-state index contributed by atoms with van der Waals surface area (Å²) in [5.74, 6) is 0. The fourth-order valence-corrected chi connectivity index (χ4v) is 2.94. The molecule has 0 spiro atoms. The van der Waals surface area contributed by atoms with Crippen molar-refractivity contribution in [1.82, 2.24) is 9.80 Å². The van der Waals surface area contributed by atoms with Crippen LogP contribution in [0.4, 0.5) is 0 Å². The number of nitrogens with zero attached hydrogens (tertiary/aromatic N) is 2.